The number of hydrogen-bond donors (Lipinski definition) is 1. The van der Waals surface area contributed by atoms with Crippen LogP contribution in [0.4, 0.5) is 0 Å². The van der Waals surface area contributed by atoms with Crippen LogP contribution >= 0.6 is 0 Å². The summed E-state index contributed by atoms with van der Waals surface area (Å²) in [4.78, 5) is 15.9. The minimum Gasteiger partial charge on any atom is -0.463 e. The van der Waals surface area contributed by atoms with Gasteiger partial charge in [0, 0.05) is 0 Å². The first-order valence-corrected chi connectivity index (χ1v) is 7.90. The van der Waals surface area contributed by atoms with Crippen LogP contribution in [0.15, 0.2) is 47.1 Å². The number of nitrogens with zero attached hydrogens (tertiary/aromatic N) is 1. The van der Waals surface area contributed by atoms with Crippen molar-refractivity contribution in [2.24, 2.45) is 0 Å². The molecule has 1 aliphatic rings. The molecule has 2 heterocycles. The van der Waals surface area contributed by atoms with Crippen LogP contribution in [0.2, 0.25) is 0 Å². The molecule has 0 atom stereocenters. The fourth-order valence-corrected chi connectivity index (χ4v) is 3.02. The van der Waals surface area contributed by atoms with Crippen molar-refractivity contribution in [1.82, 2.24) is 4.90 Å². The maximum atomic E-state index is 12.4. The zero-order valence-corrected chi connectivity index (χ0v) is 13.0. The topological polar surface area (TPSA) is 37.9 Å². The molecule has 1 aromatic carbocycles. The van der Waals surface area contributed by atoms with Crippen molar-refractivity contribution in [3.05, 3.63) is 59.5 Å². The number of piperazine rings is 1. The van der Waals surface area contributed by atoms with Crippen molar-refractivity contribution < 1.29 is 14.1 Å². The van der Waals surface area contributed by atoms with Crippen LogP contribution in [0.25, 0.3) is 0 Å². The molecule has 0 unspecified atom stereocenters. The largest absolute Gasteiger partial charge is 0.463 e. The lowest BCUT2D eigenvalue weighted by Crippen LogP contribution is -3.13. The highest BCUT2D eigenvalue weighted by molar-refractivity contribution is 5.78. The lowest BCUT2D eigenvalue weighted by molar-refractivity contribution is -0.918. The lowest BCUT2D eigenvalue weighted by Gasteiger charge is -2.32. The van der Waals surface area contributed by atoms with Crippen LogP contribution in [0, 0.1) is 6.92 Å². The molecule has 1 amide bonds. The summed E-state index contributed by atoms with van der Waals surface area (Å²) in [6.07, 6.45) is 2.23. The lowest BCUT2D eigenvalue weighted by atomic mass is 10.1. The Labute approximate surface area is 131 Å². The minimum absolute atomic E-state index is 0.239. The van der Waals surface area contributed by atoms with Crippen LogP contribution in [0.3, 0.4) is 0 Å². The summed E-state index contributed by atoms with van der Waals surface area (Å²) in [7, 11) is 0. The number of rotatable bonds is 4. The van der Waals surface area contributed by atoms with Gasteiger partial charge < -0.3 is 14.2 Å². The summed E-state index contributed by atoms with van der Waals surface area (Å²) in [5.41, 5.74) is 2.31. The number of aryl methyl sites for hydroxylation is 1. The molecular formula is C18H23N2O2+. The van der Waals surface area contributed by atoms with Gasteiger partial charge in [-0.25, -0.2) is 0 Å². The number of furan rings is 1. The van der Waals surface area contributed by atoms with Crippen molar-refractivity contribution in [3.8, 4) is 0 Å². The van der Waals surface area contributed by atoms with Crippen LogP contribution < -0.4 is 4.90 Å². The van der Waals surface area contributed by atoms with Crippen LogP contribution in [-0.4, -0.2) is 37.0 Å². The second-order valence-electron chi connectivity index (χ2n) is 6.05. The number of amides is 1. The van der Waals surface area contributed by atoms with Gasteiger partial charge in [0.15, 0.2) is 5.76 Å². The van der Waals surface area contributed by atoms with Gasteiger partial charge in [-0.2, -0.15) is 0 Å². The Morgan fingerprint density at radius 2 is 2.05 bits per heavy atom. The average Bonchev–Trinajstić information content (AvgIpc) is 3.01. The molecule has 116 valence electrons. The van der Waals surface area contributed by atoms with Crippen LogP contribution in [0.5, 0.6) is 0 Å². The quantitative estimate of drug-likeness (QED) is 0.917. The first-order chi connectivity index (χ1) is 10.7. The molecule has 1 saturated heterocycles. The first kappa shape index (κ1) is 14.9. The highest BCUT2D eigenvalue weighted by Crippen LogP contribution is 2.07. The molecule has 22 heavy (non-hydrogen) atoms. The Morgan fingerprint density at radius 1 is 1.23 bits per heavy atom. The second kappa shape index (κ2) is 6.79. The van der Waals surface area contributed by atoms with Crippen LogP contribution in [-0.2, 0) is 17.8 Å². The SMILES string of the molecule is Cc1cccc(CC(=O)N2CC[NH+](Cc3ccco3)CC2)c1. The van der Waals surface area contributed by atoms with Gasteiger partial charge >= 0.3 is 0 Å². The smallest absolute Gasteiger partial charge is 0.227 e. The zero-order valence-electron chi connectivity index (χ0n) is 13.0. The van der Waals surface area contributed by atoms with Crippen molar-refractivity contribution in [1.29, 1.82) is 0 Å². The van der Waals surface area contributed by atoms with Gasteiger partial charge in [-0.15, -0.1) is 0 Å². The average molecular weight is 299 g/mol. The third-order valence-corrected chi connectivity index (χ3v) is 4.27. The number of carbonyl (C=O) groups excluding carboxylic acids is 1. The summed E-state index contributed by atoms with van der Waals surface area (Å²) < 4.78 is 5.40. The first-order valence-electron chi connectivity index (χ1n) is 7.90. The minimum atomic E-state index is 0.239. The van der Waals surface area contributed by atoms with Crippen molar-refractivity contribution in [2.75, 3.05) is 26.2 Å². The van der Waals surface area contributed by atoms with E-state index in [0.717, 1.165) is 44.0 Å². The Bertz CT molecular complexity index is 614. The summed E-state index contributed by atoms with van der Waals surface area (Å²) in [6, 6.07) is 12.1. The van der Waals surface area contributed by atoms with Gasteiger partial charge in [0.1, 0.15) is 6.54 Å². The molecule has 0 saturated carbocycles. The van der Waals surface area contributed by atoms with E-state index in [1.165, 1.54) is 10.5 Å². The van der Waals surface area contributed by atoms with E-state index < -0.39 is 0 Å². The molecule has 4 nitrogen and oxygen atoms in total. The third-order valence-electron chi connectivity index (χ3n) is 4.27. The van der Waals surface area contributed by atoms with Gasteiger partial charge in [-0.1, -0.05) is 29.8 Å². The Morgan fingerprint density at radius 3 is 2.73 bits per heavy atom. The van der Waals surface area contributed by atoms with E-state index >= 15 is 0 Å². The third kappa shape index (κ3) is 3.77. The molecule has 4 heteroatoms. The molecule has 2 aromatic rings. The highest BCUT2D eigenvalue weighted by atomic mass is 16.3. The van der Waals surface area contributed by atoms with E-state index in [1.54, 1.807) is 6.26 Å². The highest BCUT2D eigenvalue weighted by Gasteiger charge is 2.24. The van der Waals surface area contributed by atoms with Crippen molar-refractivity contribution in [2.45, 2.75) is 19.9 Å². The molecular weight excluding hydrogens is 276 g/mol. The molecule has 0 aliphatic carbocycles. The summed E-state index contributed by atoms with van der Waals surface area (Å²) in [5, 5.41) is 0. The van der Waals surface area contributed by atoms with Gasteiger partial charge in [0.05, 0.1) is 38.9 Å². The Hall–Kier alpha value is -2.07. The number of hydrogen-bond acceptors (Lipinski definition) is 2. The number of benzene rings is 1. The monoisotopic (exact) mass is 299 g/mol. The fraction of sp³-hybridized carbons (Fsp3) is 0.389. The maximum Gasteiger partial charge on any atom is 0.227 e. The molecule has 1 aliphatic heterocycles. The molecule has 3 rings (SSSR count). The molecule has 0 bridgehead atoms. The molecule has 0 radical (unpaired) electrons. The van der Waals surface area contributed by atoms with E-state index in [1.807, 2.05) is 29.2 Å². The summed E-state index contributed by atoms with van der Waals surface area (Å²) in [6.45, 7) is 6.61. The van der Waals surface area contributed by atoms with E-state index in [-0.39, 0.29) is 5.91 Å². The van der Waals surface area contributed by atoms with Gasteiger partial charge in [-0.05, 0) is 24.6 Å². The second-order valence-corrected chi connectivity index (χ2v) is 6.05. The zero-order chi connectivity index (χ0) is 15.4. The van der Waals surface area contributed by atoms with E-state index in [4.69, 9.17) is 4.42 Å². The molecule has 1 aromatic heterocycles. The van der Waals surface area contributed by atoms with Crippen molar-refractivity contribution >= 4 is 5.91 Å². The predicted octanol–water partition coefficient (Wildman–Crippen LogP) is 1.06. The van der Waals surface area contributed by atoms with E-state index in [2.05, 4.69) is 19.1 Å². The summed E-state index contributed by atoms with van der Waals surface area (Å²) >= 11 is 0. The summed E-state index contributed by atoms with van der Waals surface area (Å²) in [5.74, 6) is 1.26. The van der Waals surface area contributed by atoms with E-state index in [9.17, 15) is 4.79 Å². The van der Waals surface area contributed by atoms with Gasteiger partial charge in [-0.3, -0.25) is 4.79 Å². The molecule has 1 fully saturated rings. The maximum absolute atomic E-state index is 12.4. The molecule has 0 spiro atoms. The Kier molecular flexibility index (Phi) is 4.59. The van der Waals surface area contributed by atoms with E-state index in [0.29, 0.717) is 6.42 Å². The van der Waals surface area contributed by atoms with Gasteiger partial charge in [0.25, 0.3) is 0 Å². The Balaban J connectivity index is 1.49. The molecule has 1 N–H and O–H groups in total. The predicted molar refractivity (Wildman–Crippen MR) is 84.6 cm³/mol. The van der Waals surface area contributed by atoms with Gasteiger partial charge in [0.2, 0.25) is 5.91 Å². The number of quaternary nitrogens is 1. The number of carbonyl (C=O) groups is 1. The number of nitrogens with one attached hydrogen (secondary N) is 1. The normalized spacial score (nSPS) is 16.0. The fourth-order valence-electron chi connectivity index (χ4n) is 3.02. The standard InChI is InChI=1S/C18H22N2O2/c1-15-4-2-5-16(12-15)13-18(21)20-9-7-19(8-10-20)14-17-6-3-11-22-17/h2-6,11-12H,7-10,13-14H2,1H3/p+1. The van der Waals surface area contributed by atoms with Crippen LogP contribution in [0.1, 0.15) is 16.9 Å². The van der Waals surface area contributed by atoms with Crippen molar-refractivity contribution in [3.63, 3.8) is 0 Å².